The van der Waals surface area contributed by atoms with Gasteiger partial charge in [-0.3, -0.25) is 4.79 Å². The predicted octanol–water partition coefficient (Wildman–Crippen LogP) is 1.22. The van der Waals surface area contributed by atoms with E-state index in [-0.39, 0.29) is 5.91 Å². The van der Waals surface area contributed by atoms with E-state index in [0.29, 0.717) is 17.6 Å². The van der Waals surface area contributed by atoms with Crippen LogP contribution < -0.4 is 5.32 Å². The Bertz CT molecular complexity index is 426. The Morgan fingerprint density at radius 3 is 2.68 bits per heavy atom. The molecule has 1 unspecified atom stereocenters. The van der Waals surface area contributed by atoms with Crippen LogP contribution in [0.25, 0.3) is 0 Å². The Morgan fingerprint density at radius 2 is 2.05 bits per heavy atom. The zero-order valence-electron chi connectivity index (χ0n) is 11.1. The second kappa shape index (κ2) is 5.65. The summed E-state index contributed by atoms with van der Waals surface area (Å²) in [4.78, 5) is 22.4. The summed E-state index contributed by atoms with van der Waals surface area (Å²) in [6, 6.07) is 0.874. The first kappa shape index (κ1) is 12.5. The van der Waals surface area contributed by atoms with Crippen LogP contribution >= 0.6 is 0 Å². The second-order valence-electron chi connectivity index (χ2n) is 5.46. The van der Waals surface area contributed by atoms with Crippen molar-refractivity contribution < 1.29 is 4.79 Å². The van der Waals surface area contributed by atoms with E-state index in [0.717, 1.165) is 25.9 Å². The van der Waals surface area contributed by atoms with Crippen LogP contribution in [0.5, 0.6) is 0 Å². The van der Waals surface area contributed by atoms with Crippen LogP contribution in [0.3, 0.4) is 0 Å². The van der Waals surface area contributed by atoms with E-state index in [4.69, 9.17) is 0 Å². The van der Waals surface area contributed by atoms with Crippen molar-refractivity contribution in [3.8, 4) is 0 Å². The van der Waals surface area contributed by atoms with Gasteiger partial charge in [-0.1, -0.05) is 6.42 Å². The second-order valence-corrected chi connectivity index (χ2v) is 5.46. The third kappa shape index (κ3) is 3.10. The highest BCUT2D eigenvalue weighted by Crippen LogP contribution is 2.28. The summed E-state index contributed by atoms with van der Waals surface area (Å²) in [7, 11) is 0. The molecular weight excluding hydrogens is 240 g/mol. The smallest absolute Gasteiger partial charge is 0.257 e. The van der Waals surface area contributed by atoms with Crippen LogP contribution in [0.15, 0.2) is 18.7 Å². The minimum absolute atomic E-state index is 0.0791. The lowest BCUT2D eigenvalue weighted by Gasteiger charge is -2.30. The van der Waals surface area contributed by atoms with Crippen molar-refractivity contribution in [2.45, 2.75) is 44.2 Å². The topological polar surface area (TPSA) is 58.1 Å². The van der Waals surface area contributed by atoms with Crippen molar-refractivity contribution in [3.63, 3.8) is 0 Å². The van der Waals surface area contributed by atoms with Gasteiger partial charge in [0.2, 0.25) is 0 Å². The van der Waals surface area contributed by atoms with Crippen LogP contribution in [0, 0.1) is 0 Å². The van der Waals surface area contributed by atoms with Crippen molar-refractivity contribution in [1.29, 1.82) is 0 Å². The molecule has 5 nitrogen and oxygen atoms in total. The average Bonchev–Trinajstić information content (AvgIpc) is 3.31. The highest BCUT2D eigenvalue weighted by atomic mass is 16.2. The number of nitrogens with zero attached hydrogens (tertiary/aromatic N) is 3. The number of hydrogen-bond acceptors (Lipinski definition) is 4. The first-order valence-corrected chi connectivity index (χ1v) is 7.14. The maximum Gasteiger partial charge on any atom is 0.257 e. The van der Waals surface area contributed by atoms with E-state index < -0.39 is 0 Å². The molecule has 1 N–H and O–H groups in total. The molecule has 0 aromatic carbocycles. The fourth-order valence-electron chi connectivity index (χ4n) is 2.68. The first-order chi connectivity index (χ1) is 9.34. The molecule has 1 aliphatic heterocycles. The van der Waals surface area contributed by atoms with Gasteiger partial charge in [-0.15, -0.1) is 0 Å². The van der Waals surface area contributed by atoms with Crippen LogP contribution in [0.4, 0.5) is 0 Å². The van der Waals surface area contributed by atoms with E-state index in [1.807, 2.05) is 4.90 Å². The maximum atomic E-state index is 12.5. The summed E-state index contributed by atoms with van der Waals surface area (Å²) in [5.74, 6) is 0.0791. The molecule has 102 valence electrons. The fourth-order valence-corrected chi connectivity index (χ4v) is 2.68. The predicted molar refractivity (Wildman–Crippen MR) is 71.7 cm³/mol. The summed E-state index contributed by atoms with van der Waals surface area (Å²) < 4.78 is 0. The van der Waals surface area contributed by atoms with Gasteiger partial charge >= 0.3 is 0 Å². The van der Waals surface area contributed by atoms with E-state index in [1.165, 1.54) is 25.6 Å². The Hall–Kier alpha value is -1.49. The number of rotatable bonds is 4. The van der Waals surface area contributed by atoms with Crippen LogP contribution in [-0.4, -0.2) is 45.9 Å². The summed E-state index contributed by atoms with van der Waals surface area (Å²) >= 11 is 0. The van der Waals surface area contributed by atoms with E-state index in [1.54, 1.807) is 12.4 Å². The number of hydrogen-bond donors (Lipinski definition) is 1. The molecule has 1 saturated heterocycles. The fraction of sp³-hybridized carbons (Fsp3) is 0.643. The van der Waals surface area contributed by atoms with Gasteiger partial charge < -0.3 is 10.2 Å². The standard InChI is InChI=1S/C14H20N4O/c19-14(11-7-15-10-16-8-11)18(13-4-5-13)9-12-3-1-2-6-17-12/h7-8,10,12-13,17H,1-6,9H2. The molecule has 2 fully saturated rings. The Balaban J connectivity index is 1.68. The molecule has 2 heterocycles. The Morgan fingerprint density at radius 1 is 1.26 bits per heavy atom. The van der Waals surface area contributed by atoms with Crippen molar-refractivity contribution >= 4 is 5.91 Å². The maximum absolute atomic E-state index is 12.5. The molecule has 1 aromatic heterocycles. The molecule has 19 heavy (non-hydrogen) atoms. The summed E-state index contributed by atoms with van der Waals surface area (Å²) in [6.45, 7) is 1.89. The number of carbonyl (C=O) groups is 1. The van der Waals surface area contributed by atoms with Crippen molar-refractivity contribution in [2.24, 2.45) is 0 Å². The molecule has 3 rings (SSSR count). The monoisotopic (exact) mass is 260 g/mol. The zero-order chi connectivity index (χ0) is 13.1. The number of amides is 1. The van der Waals surface area contributed by atoms with Crippen LogP contribution in [0.2, 0.25) is 0 Å². The number of aromatic nitrogens is 2. The average molecular weight is 260 g/mol. The summed E-state index contributed by atoms with van der Waals surface area (Å²) in [5.41, 5.74) is 0.602. The highest BCUT2D eigenvalue weighted by Gasteiger charge is 2.34. The van der Waals surface area contributed by atoms with Crippen molar-refractivity contribution in [3.05, 3.63) is 24.3 Å². The quantitative estimate of drug-likeness (QED) is 0.884. The molecular formula is C14H20N4O. The lowest BCUT2D eigenvalue weighted by atomic mass is 10.0. The molecule has 1 amide bonds. The molecule has 0 spiro atoms. The molecule has 1 aliphatic carbocycles. The van der Waals surface area contributed by atoms with Crippen LogP contribution in [-0.2, 0) is 0 Å². The van der Waals surface area contributed by atoms with Gasteiger partial charge in [0, 0.05) is 31.0 Å². The van der Waals surface area contributed by atoms with Crippen LogP contribution in [0.1, 0.15) is 42.5 Å². The largest absolute Gasteiger partial charge is 0.334 e. The van der Waals surface area contributed by atoms with Crippen molar-refractivity contribution in [2.75, 3.05) is 13.1 Å². The van der Waals surface area contributed by atoms with Gasteiger partial charge in [0.25, 0.3) is 5.91 Å². The number of carbonyl (C=O) groups excluding carboxylic acids is 1. The minimum atomic E-state index is 0.0791. The number of piperidine rings is 1. The third-order valence-electron chi connectivity index (χ3n) is 3.89. The molecule has 1 saturated carbocycles. The summed E-state index contributed by atoms with van der Waals surface area (Å²) in [6.07, 6.45) is 10.6. The number of nitrogens with one attached hydrogen (secondary N) is 1. The van der Waals surface area contributed by atoms with Crippen molar-refractivity contribution in [1.82, 2.24) is 20.2 Å². The molecule has 0 radical (unpaired) electrons. The van der Waals surface area contributed by atoms with Gasteiger partial charge in [0.05, 0.1) is 5.56 Å². The van der Waals surface area contributed by atoms with Gasteiger partial charge in [0.15, 0.2) is 0 Å². The van der Waals surface area contributed by atoms with E-state index in [9.17, 15) is 4.79 Å². The SMILES string of the molecule is O=C(c1cncnc1)N(CC1CCCCN1)C1CC1. The van der Waals surface area contributed by atoms with Gasteiger partial charge in [-0.25, -0.2) is 9.97 Å². The zero-order valence-corrected chi connectivity index (χ0v) is 11.1. The third-order valence-corrected chi connectivity index (χ3v) is 3.89. The van der Waals surface area contributed by atoms with Gasteiger partial charge in [0.1, 0.15) is 6.33 Å². The lowest BCUT2D eigenvalue weighted by Crippen LogP contribution is -2.46. The summed E-state index contributed by atoms with van der Waals surface area (Å²) in [5, 5.41) is 3.51. The minimum Gasteiger partial charge on any atom is -0.334 e. The first-order valence-electron chi connectivity index (χ1n) is 7.14. The van der Waals surface area contributed by atoms with Gasteiger partial charge in [-0.2, -0.15) is 0 Å². The lowest BCUT2D eigenvalue weighted by molar-refractivity contribution is 0.0717. The Kier molecular flexibility index (Phi) is 3.73. The molecule has 5 heteroatoms. The molecule has 2 aliphatic rings. The Labute approximate surface area is 113 Å². The highest BCUT2D eigenvalue weighted by molar-refractivity contribution is 5.94. The van der Waals surface area contributed by atoms with E-state index >= 15 is 0 Å². The molecule has 1 aromatic rings. The molecule has 0 bridgehead atoms. The molecule has 1 atom stereocenters. The normalized spacial score (nSPS) is 23.1. The van der Waals surface area contributed by atoms with E-state index in [2.05, 4.69) is 15.3 Å². The van der Waals surface area contributed by atoms with Gasteiger partial charge in [-0.05, 0) is 32.2 Å².